The fourth-order valence-electron chi connectivity index (χ4n) is 3.90. The molecular formula is C24H20ClN3O7S. The van der Waals surface area contributed by atoms with Crippen LogP contribution in [-0.2, 0) is 19.6 Å². The number of carbonyl (C=O) groups is 2. The van der Waals surface area contributed by atoms with Crippen molar-refractivity contribution < 1.29 is 32.6 Å². The van der Waals surface area contributed by atoms with E-state index >= 15 is 0 Å². The van der Waals surface area contributed by atoms with Gasteiger partial charge in [-0.2, -0.15) is 0 Å². The number of carbonyl (C=O) groups excluding carboxylic acids is 2. The lowest BCUT2D eigenvalue weighted by atomic mass is 9.97. The molecule has 1 saturated heterocycles. The predicted molar refractivity (Wildman–Crippen MR) is 131 cm³/mol. The molecule has 1 amide bonds. The van der Waals surface area contributed by atoms with E-state index in [-0.39, 0.29) is 43.9 Å². The topological polar surface area (TPSA) is 149 Å². The lowest BCUT2D eigenvalue weighted by molar-refractivity contribution is -0.132. The molecule has 0 radical (unpaired) electrons. The average Bonchev–Trinajstić information content (AvgIpc) is 3.13. The van der Waals surface area contributed by atoms with Crippen molar-refractivity contribution in [1.29, 1.82) is 0 Å². The van der Waals surface area contributed by atoms with Gasteiger partial charge in [0.05, 0.1) is 41.0 Å². The van der Waals surface area contributed by atoms with E-state index in [1.54, 1.807) is 18.2 Å². The fraction of sp³-hybridized carbons (Fsp3) is 0.125. The number of sulfonamides is 1. The molecule has 1 aliphatic heterocycles. The number of hydrogen-bond acceptors (Lipinski definition) is 8. The highest BCUT2D eigenvalue weighted by molar-refractivity contribution is 7.89. The number of aliphatic hydroxyl groups is 1. The molecule has 1 aliphatic rings. The van der Waals surface area contributed by atoms with Gasteiger partial charge in [-0.25, -0.2) is 13.6 Å². The van der Waals surface area contributed by atoms with Gasteiger partial charge >= 0.3 is 0 Å². The second-order valence-corrected chi connectivity index (χ2v) is 9.62. The fourth-order valence-corrected chi connectivity index (χ4v) is 4.65. The molecule has 1 aromatic heterocycles. The Kier molecular flexibility index (Phi) is 6.72. The third-order valence-electron chi connectivity index (χ3n) is 5.58. The molecule has 0 saturated carbocycles. The minimum absolute atomic E-state index is 0.0715. The van der Waals surface area contributed by atoms with Gasteiger partial charge in [-0.05, 0) is 42.5 Å². The number of nitrogens with zero attached hydrogens (tertiary/aromatic N) is 2. The van der Waals surface area contributed by atoms with Crippen LogP contribution in [0.25, 0.3) is 5.76 Å². The van der Waals surface area contributed by atoms with Crippen LogP contribution in [0.4, 0.5) is 5.69 Å². The normalized spacial score (nSPS) is 17.3. The van der Waals surface area contributed by atoms with Crippen molar-refractivity contribution in [2.24, 2.45) is 5.14 Å². The van der Waals surface area contributed by atoms with Crippen molar-refractivity contribution >= 4 is 44.8 Å². The van der Waals surface area contributed by atoms with Crippen molar-refractivity contribution in [2.45, 2.75) is 10.9 Å². The summed E-state index contributed by atoms with van der Waals surface area (Å²) in [5.74, 6) is -2.10. The standard InChI is InChI=1S/C24H20ClN3O7S/c1-34-18-12-16(25)19(35-2)11-15(18)22(29)20-21(17-5-3-4-10-27-17)28(24(31)23(20)30)13-6-8-14(9-7-13)36(26,32)33/h3-12,21,29H,1-2H3,(H2,26,32,33)/b22-20+. The Morgan fingerprint density at radius 3 is 2.28 bits per heavy atom. The molecule has 3 aromatic rings. The second-order valence-electron chi connectivity index (χ2n) is 7.65. The van der Waals surface area contributed by atoms with Crippen molar-refractivity contribution in [3.63, 3.8) is 0 Å². The van der Waals surface area contributed by atoms with Crippen molar-refractivity contribution in [3.8, 4) is 11.5 Å². The van der Waals surface area contributed by atoms with Gasteiger partial charge in [-0.1, -0.05) is 17.7 Å². The van der Waals surface area contributed by atoms with E-state index in [9.17, 15) is 23.1 Å². The van der Waals surface area contributed by atoms with Gasteiger partial charge in [0.25, 0.3) is 11.7 Å². The number of anilines is 1. The zero-order chi connectivity index (χ0) is 26.2. The number of ketones is 1. The van der Waals surface area contributed by atoms with Crippen molar-refractivity contribution in [1.82, 2.24) is 4.98 Å². The van der Waals surface area contributed by atoms with Gasteiger partial charge in [0.15, 0.2) is 0 Å². The zero-order valence-electron chi connectivity index (χ0n) is 19.0. The summed E-state index contributed by atoms with van der Waals surface area (Å²) in [5.41, 5.74) is 0.299. The van der Waals surface area contributed by atoms with E-state index in [0.717, 1.165) is 4.90 Å². The van der Waals surface area contributed by atoms with Gasteiger partial charge in [0.1, 0.15) is 23.3 Å². The van der Waals surface area contributed by atoms with Crippen LogP contribution in [0.3, 0.4) is 0 Å². The summed E-state index contributed by atoms with van der Waals surface area (Å²) in [5, 5.41) is 16.7. The molecule has 0 bridgehead atoms. The smallest absolute Gasteiger partial charge is 0.300 e. The number of methoxy groups -OCH3 is 2. The number of amides is 1. The van der Waals surface area contributed by atoms with Gasteiger partial charge in [0.2, 0.25) is 10.0 Å². The third-order valence-corrected chi connectivity index (χ3v) is 6.81. The Labute approximate surface area is 211 Å². The summed E-state index contributed by atoms with van der Waals surface area (Å²) in [6.07, 6.45) is 1.48. The van der Waals surface area contributed by atoms with E-state index < -0.39 is 33.5 Å². The first kappa shape index (κ1) is 25.2. The molecular weight excluding hydrogens is 510 g/mol. The molecule has 1 unspecified atom stereocenters. The van der Waals surface area contributed by atoms with Crippen LogP contribution in [0.1, 0.15) is 17.3 Å². The number of hydrogen-bond donors (Lipinski definition) is 2. The quantitative estimate of drug-likeness (QED) is 0.281. The van der Waals surface area contributed by atoms with E-state index in [1.807, 2.05) is 0 Å². The van der Waals surface area contributed by atoms with Crippen LogP contribution in [0, 0.1) is 0 Å². The first-order valence-corrected chi connectivity index (χ1v) is 12.3. The first-order valence-electron chi connectivity index (χ1n) is 10.3. The molecule has 12 heteroatoms. The average molecular weight is 530 g/mol. The molecule has 2 aromatic carbocycles. The highest BCUT2D eigenvalue weighted by Gasteiger charge is 2.48. The second kappa shape index (κ2) is 9.61. The Morgan fingerprint density at radius 2 is 1.72 bits per heavy atom. The highest BCUT2D eigenvalue weighted by Crippen LogP contribution is 2.44. The number of benzene rings is 2. The maximum absolute atomic E-state index is 13.3. The SMILES string of the molecule is COc1cc(/C(O)=C2\C(=O)C(=O)N(c3ccc(S(N)(=O)=O)cc3)C2c2ccccn2)c(OC)cc1Cl. The van der Waals surface area contributed by atoms with E-state index in [0.29, 0.717) is 0 Å². The molecule has 1 atom stereocenters. The molecule has 0 spiro atoms. The van der Waals surface area contributed by atoms with E-state index in [4.69, 9.17) is 26.2 Å². The molecule has 36 heavy (non-hydrogen) atoms. The number of rotatable bonds is 6. The largest absolute Gasteiger partial charge is 0.507 e. The molecule has 4 rings (SSSR count). The van der Waals surface area contributed by atoms with Crippen LogP contribution in [0.2, 0.25) is 5.02 Å². The molecule has 0 aliphatic carbocycles. The minimum atomic E-state index is -3.98. The summed E-state index contributed by atoms with van der Waals surface area (Å²) >= 11 is 6.18. The molecule has 186 valence electrons. The van der Waals surface area contributed by atoms with Crippen molar-refractivity contribution in [2.75, 3.05) is 19.1 Å². The summed E-state index contributed by atoms with van der Waals surface area (Å²) in [6.45, 7) is 0. The maximum Gasteiger partial charge on any atom is 0.300 e. The monoisotopic (exact) mass is 529 g/mol. The summed E-state index contributed by atoms with van der Waals surface area (Å²) in [4.78, 5) is 31.8. The number of primary sulfonamides is 1. The number of nitrogens with two attached hydrogens (primary N) is 1. The number of pyridine rings is 1. The van der Waals surface area contributed by atoms with Crippen LogP contribution in [0.15, 0.2) is 71.3 Å². The Balaban J connectivity index is 1.96. The zero-order valence-corrected chi connectivity index (χ0v) is 20.6. The van der Waals surface area contributed by atoms with Gasteiger partial charge in [-0.3, -0.25) is 19.5 Å². The lowest BCUT2D eigenvalue weighted by Gasteiger charge is -2.25. The van der Waals surface area contributed by atoms with E-state index in [2.05, 4.69) is 4.98 Å². The Hall–Kier alpha value is -3.93. The summed E-state index contributed by atoms with van der Waals surface area (Å²) in [6, 6.07) is 11.7. The number of Topliss-reactive ketones (excluding diaryl/α,β-unsaturated/α-hetero) is 1. The molecule has 1 fully saturated rings. The first-order chi connectivity index (χ1) is 17.1. The van der Waals surface area contributed by atoms with Gasteiger partial charge in [0, 0.05) is 18.0 Å². The number of ether oxygens (including phenoxy) is 2. The molecule has 10 nitrogen and oxygen atoms in total. The van der Waals surface area contributed by atoms with E-state index in [1.165, 1.54) is 56.8 Å². The Morgan fingerprint density at radius 1 is 1.06 bits per heavy atom. The number of aliphatic hydroxyl groups excluding tert-OH is 1. The lowest BCUT2D eigenvalue weighted by Crippen LogP contribution is -2.29. The van der Waals surface area contributed by atoms with Crippen LogP contribution in [0.5, 0.6) is 11.5 Å². The minimum Gasteiger partial charge on any atom is -0.507 e. The van der Waals surface area contributed by atoms with Crippen LogP contribution >= 0.6 is 11.6 Å². The predicted octanol–water partition coefficient (Wildman–Crippen LogP) is 3.03. The van der Waals surface area contributed by atoms with Gasteiger partial charge in [-0.15, -0.1) is 0 Å². The maximum atomic E-state index is 13.3. The highest BCUT2D eigenvalue weighted by atomic mass is 35.5. The number of aromatic nitrogens is 1. The van der Waals surface area contributed by atoms with Crippen LogP contribution in [-0.4, -0.2) is 44.4 Å². The third kappa shape index (κ3) is 4.39. The molecule has 3 N–H and O–H groups in total. The summed E-state index contributed by atoms with van der Waals surface area (Å²) in [7, 11) is -1.24. The van der Waals surface area contributed by atoms with Gasteiger partial charge < -0.3 is 14.6 Å². The van der Waals surface area contributed by atoms with Crippen molar-refractivity contribution in [3.05, 3.63) is 82.6 Å². The number of halogens is 1. The summed E-state index contributed by atoms with van der Waals surface area (Å²) < 4.78 is 33.9. The van der Waals surface area contributed by atoms with Crippen LogP contribution < -0.4 is 19.5 Å². The Bertz CT molecular complexity index is 1490. The molecule has 2 heterocycles.